The minimum Gasteiger partial charge on any atom is -0.512 e. The monoisotopic (exact) mass is 449 g/mol. The first kappa shape index (κ1) is 21.4. The SMILES string of the molecule is CC1=C(C(C)C)CC(c2n[nH]c(=S)n2-c2ccc3c(c2)nc(C(F)(F)F)n3C)C(O)=C1. The highest BCUT2D eigenvalue weighted by Gasteiger charge is 2.37. The second-order valence-electron chi connectivity index (χ2n) is 8.08. The number of hydrogen-bond acceptors (Lipinski definition) is 4. The maximum atomic E-state index is 13.2. The van der Waals surface area contributed by atoms with E-state index in [-0.39, 0.29) is 16.0 Å². The number of nitrogens with one attached hydrogen (secondary N) is 1. The molecule has 1 atom stereocenters. The Morgan fingerprint density at radius 2 is 2.00 bits per heavy atom. The summed E-state index contributed by atoms with van der Waals surface area (Å²) in [6, 6.07) is 4.80. The van der Waals surface area contributed by atoms with Gasteiger partial charge in [0, 0.05) is 7.05 Å². The molecule has 2 heterocycles. The number of aliphatic hydroxyl groups excluding tert-OH is 1. The first-order chi connectivity index (χ1) is 14.5. The standard InChI is InChI=1S/C21H22F3N5OS/c1-10(2)13-9-14(17(30)7-11(13)3)18-26-27-20(31)29(18)12-5-6-16-15(8-12)25-19(28(16)4)21(22,23)24/h5-8,10,14,30H,9H2,1-4H3,(H,27,31). The van der Waals surface area contributed by atoms with Crippen molar-refractivity contribution in [2.45, 2.75) is 39.3 Å². The molecule has 0 bridgehead atoms. The highest BCUT2D eigenvalue weighted by atomic mass is 32.1. The number of nitrogens with zero attached hydrogens (tertiary/aromatic N) is 4. The van der Waals surface area contributed by atoms with Crippen molar-refractivity contribution < 1.29 is 18.3 Å². The van der Waals surface area contributed by atoms with Gasteiger partial charge in [0.1, 0.15) is 11.6 Å². The number of imidazole rings is 1. The first-order valence-electron chi connectivity index (χ1n) is 9.80. The lowest BCUT2D eigenvalue weighted by atomic mass is 9.83. The van der Waals surface area contributed by atoms with Crippen molar-refractivity contribution >= 4 is 23.3 Å². The molecule has 1 aromatic carbocycles. The number of aryl methyl sites for hydroxylation is 1. The van der Waals surface area contributed by atoms with Crippen LogP contribution in [0.5, 0.6) is 0 Å². The number of H-pyrrole nitrogens is 1. The zero-order valence-electron chi connectivity index (χ0n) is 17.4. The van der Waals surface area contributed by atoms with E-state index in [1.54, 1.807) is 28.8 Å². The zero-order chi connectivity index (χ0) is 22.7. The molecular weight excluding hydrogens is 427 g/mol. The number of aromatic amines is 1. The number of benzene rings is 1. The summed E-state index contributed by atoms with van der Waals surface area (Å²) < 4.78 is 42.7. The number of aliphatic hydroxyl groups is 1. The van der Waals surface area contributed by atoms with Gasteiger partial charge in [-0.15, -0.1) is 0 Å². The summed E-state index contributed by atoms with van der Waals surface area (Å²) in [5.74, 6) is -0.413. The van der Waals surface area contributed by atoms with Gasteiger partial charge in [-0.05, 0) is 61.3 Å². The fourth-order valence-electron chi connectivity index (χ4n) is 4.19. The average Bonchev–Trinajstić information content (AvgIpc) is 3.21. The number of fused-ring (bicyclic) bond motifs is 1. The molecule has 0 spiro atoms. The smallest absolute Gasteiger partial charge is 0.449 e. The van der Waals surface area contributed by atoms with Crippen molar-refractivity contribution in [1.29, 1.82) is 0 Å². The zero-order valence-corrected chi connectivity index (χ0v) is 18.3. The normalized spacial score (nSPS) is 17.7. The molecule has 2 aromatic heterocycles. The van der Waals surface area contributed by atoms with Crippen LogP contribution >= 0.6 is 12.2 Å². The molecule has 10 heteroatoms. The van der Waals surface area contributed by atoms with Gasteiger partial charge in [0.05, 0.1) is 22.6 Å². The molecule has 0 radical (unpaired) electrons. The summed E-state index contributed by atoms with van der Waals surface area (Å²) in [5.41, 5.74) is 3.31. The van der Waals surface area contributed by atoms with Gasteiger partial charge in [0.2, 0.25) is 5.82 Å². The van der Waals surface area contributed by atoms with Crippen LogP contribution in [0.15, 0.2) is 41.2 Å². The van der Waals surface area contributed by atoms with E-state index in [4.69, 9.17) is 12.2 Å². The van der Waals surface area contributed by atoms with Gasteiger partial charge in [-0.3, -0.25) is 9.67 Å². The van der Waals surface area contributed by atoms with Crippen LogP contribution in [0.25, 0.3) is 16.7 Å². The van der Waals surface area contributed by atoms with Crippen molar-refractivity contribution in [3.8, 4) is 5.69 Å². The van der Waals surface area contributed by atoms with Crippen LogP contribution in [0.2, 0.25) is 0 Å². The lowest BCUT2D eigenvalue weighted by Crippen LogP contribution is -2.16. The fourth-order valence-corrected chi connectivity index (χ4v) is 4.43. The van der Waals surface area contributed by atoms with Crippen LogP contribution in [0.4, 0.5) is 13.2 Å². The van der Waals surface area contributed by atoms with E-state index in [9.17, 15) is 18.3 Å². The molecular formula is C21H22F3N5OS. The third-order valence-electron chi connectivity index (χ3n) is 5.73. The van der Waals surface area contributed by atoms with E-state index in [0.29, 0.717) is 29.4 Å². The Balaban J connectivity index is 1.83. The van der Waals surface area contributed by atoms with Crippen molar-refractivity contribution in [1.82, 2.24) is 24.3 Å². The summed E-state index contributed by atoms with van der Waals surface area (Å²) in [7, 11) is 1.33. The molecule has 0 fully saturated rings. The van der Waals surface area contributed by atoms with E-state index in [0.717, 1.165) is 10.1 Å². The predicted molar refractivity (Wildman–Crippen MR) is 114 cm³/mol. The number of aromatic nitrogens is 5. The van der Waals surface area contributed by atoms with Gasteiger partial charge in [0.25, 0.3) is 0 Å². The Kier molecular flexibility index (Phi) is 5.07. The van der Waals surface area contributed by atoms with Gasteiger partial charge in [-0.2, -0.15) is 18.3 Å². The minimum absolute atomic E-state index is 0.176. The molecule has 4 rings (SSSR count). The van der Waals surface area contributed by atoms with E-state index in [1.165, 1.54) is 12.6 Å². The van der Waals surface area contributed by atoms with Crippen LogP contribution in [-0.4, -0.2) is 29.4 Å². The lowest BCUT2D eigenvalue weighted by Gasteiger charge is -2.26. The van der Waals surface area contributed by atoms with Gasteiger partial charge in [0.15, 0.2) is 4.77 Å². The number of alkyl halides is 3. The second kappa shape index (κ2) is 7.37. The molecule has 0 aliphatic heterocycles. The summed E-state index contributed by atoms with van der Waals surface area (Å²) in [4.78, 5) is 3.78. The molecule has 2 N–H and O–H groups in total. The molecule has 1 aliphatic rings. The average molecular weight is 450 g/mol. The molecule has 0 amide bonds. The van der Waals surface area contributed by atoms with E-state index in [2.05, 4.69) is 29.0 Å². The molecule has 164 valence electrons. The molecule has 6 nitrogen and oxygen atoms in total. The van der Waals surface area contributed by atoms with Crippen LogP contribution in [0.3, 0.4) is 0 Å². The van der Waals surface area contributed by atoms with Crippen LogP contribution in [0, 0.1) is 10.7 Å². The Morgan fingerprint density at radius 1 is 1.29 bits per heavy atom. The van der Waals surface area contributed by atoms with Crippen LogP contribution in [-0.2, 0) is 13.2 Å². The lowest BCUT2D eigenvalue weighted by molar-refractivity contribution is -0.146. The summed E-state index contributed by atoms with van der Waals surface area (Å²) in [6.45, 7) is 6.15. The Bertz CT molecular complexity index is 1290. The van der Waals surface area contributed by atoms with E-state index in [1.807, 2.05) is 6.92 Å². The van der Waals surface area contributed by atoms with Gasteiger partial charge >= 0.3 is 6.18 Å². The van der Waals surface area contributed by atoms with Gasteiger partial charge in [-0.25, -0.2) is 4.98 Å². The molecule has 31 heavy (non-hydrogen) atoms. The molecule has 1 aliphatic carbocycles. The Hall–Kier alpha value is -2.88. The van der Waals surface area contributed by atoms with E-state index >= 15 is 0 Å². The van der Waals surface area contributed by atoms with Crippen molar-refractivity contribution in [3.05, 3.63) is 57.6 Å². The predicted octanol–water partition coefficient (Wildman–Crippen LogP) is 5.74. The quantitative estimate of drug-likeness (QED) is 0.501. The number of allylic oxidation sites excluding steroid dienone is 4. The summed E-state index contributed by atoms with van der Waals surface area (Å²) >= 11 is 5.41. The van der Waals surface area contributed by atoms with Crippen LogP contribution < -0.4 is 0 Å². The van der Waals surface area contributed by atoms with Gasteiger partial charge < -0.3 is 9.67 Å². The van der Waals surface area contributed by atoms with Crippen molar-refractivity contribution in [2.75, 3.05) is 0 Å². The number of hydrogen-bond donors (Lipinski definition) is 2. The summed E-state index contributed by atoms with van der Waals surface area (Å²) in [6.07, 6.45) is -2.24. The Morgan fingerprint density at radius 3 is 2.65 bits per heavy atom. The third kappa shape index (κ3) is 3.58. The number of rotatable bonds is 3. The Labute approximate surface area is 181 Å². The fraction of sp³-hybridized carbons (Fsp3) is 0.381. The maximum absolute atomic E-state index is 13.2. The largest absolute Gasteiger partial charge is 0.512 e. The molecule has 3 aromatic rings. The highest BCUT2D eigenvalue weighted by molar-refractivity contribution is 7.71. The topological polar surface area (TPSA) is 71.7 Å². The number of halogens is 3. The van der Waals surface area contributed by atoms with Crippen molar-refractivity contribution in [3.63, 3.8) is 0 Å². The first-order valence-corrected chi connectivity index (χ1v) is 10.2. The maximum Gasteiger partial charge on any atom is 0.449 e. The van der Waals surface area contributed by atoms with E-state index < -0.39 is 17.9 Å². The second-order valence-corrected chi connectivity index (χ2v) is 8.46. The highest BCUT2D eigenvalue weighted by Crippen LogP contribution is 2.38. The minimum atomic E-state index is -4.55. The molecule has 1 unspecified atom stereocenters. The third-order valence-corrected chi connectivity index (χ3v) is 6.01. The molecule has 0 saturated heterocycles. The van der Waals surface area contributed by atoms with Crippen molar-refractivity contribution in [2.24, 2.45) is 13.0 Å². The summed E-state index contributed by atoms with van der Waals surface area (Å²) in [5, 5.41) is 17.8. The van der Waals surface area contributed by atoms with Gasteiger partial charge in [-0.1, -0.05) is 19.4 Å². The van der Waals surface area contributed by atoms with Crippen LogP contribution in [0.1, 0.15) is 44.8 Å². The molecule has 0 saturated carbocycles.